The Morgan fingerprint density at radius 1 is 0.579 bits per heavy atom. The van der Waals surface area contributed by atoms with Crippen molar-refractivity contribution < 1.29 is 19.7 Å². The molecule has 4 heteroatoms. The van der Waals surface area contributed by atoms with Crippen molar-refractivity contribution in [1.82, 2.24) is 0 Å². The summed E-state index contributed by atoms with van der Waals surface area (Å²) >= 11 is 0. The first-order valence-corrected chi connectivity index (χ1v) is 15.7. The summed E-state index contributed by atoms with van der Waals surface area (Å²) in [5.74, 6) is 7.03. The van der Waals surface area contributed by atoms with Gasteiger partial charge in [-0.2, -0.15) is 0 Å². The molecular formula is C34H44O4. The van der Waals surface area contributed by atoms with Gasteiger partial charge in [-0.3, -0.25) is 0 Å². The van der Waals surface area contributed by atoms with E-state index in [0.29, 0.717) is 6.61 Å². The fourth-order valence-corrected chi connectivity index (χ4v) is 11.7. The van der Waals surface area contributed by atoms with Gasteiger partial charge in [-0.15, -0.1) is 0 Å². The molecule has 4 nitrogen and oxygen atoms in total. The van der Waals surface area contributed by atoms with Crippen LogP contribution in [0.5, 0.6) is 11.5 Å². The van der Waals surface area contributed by atoms with E-state index in [4.69, 9.17) is 9.47 Å². The smallest absolute Gasteiger partial charge is 0.134 e. The molecule has 0 heterocycles. The largest absolute Gasteiger partial charge is 0.490 e. The van der Waals surface area contributed by atoms with Gasteiger partial charge in [0.1, 0.15) is 24.7 Å². The van der Waals surface area contributed by atoms with Gasteiger partial charge in [-0.05, 0) is 140 Å². The summed E-state index contributed by atoms with van der Waals surface area (Å²) in [5.41, 5.74) is 3.35. The Kier molecular flexibility index (Phi) is 5.61. The third-order valence-corrected chi connectivity index (χ3v) is 12.0. The van der Waals surface area contributed by atoms with E-state index in [1.54, 1.807) is 0 Å². The summed E-state index contributed by atoms with van der Waals surface area (Å²) in [6, 6.07) is 9.40. The highest BCUT2D eigenvalue weighted by molar-refractivity contribution is 5.98. The van der Waals surface area contributed by atoms with Crippen LogP contribution in [0.1, 0.15) is 88.2 Å². The monoisotopic (exact) mass is 516 g/mol. The van der Waals surface area contributed by atoms with Crippen LogP contribution in [0.25, 0.3) is 10.8 Å². The van der Waals surface area contributed by atoms with Crippen LogP contribution in [-0.2, 0) is 10.8 Å². The molecule has 0 saturated heterocycles. The minimum absolute atomic E-state index is 0.000277. The van der Waals surface area contributed by atoms with E-state index in [-0.39, 0.29) is 30.7 Å². The van der Waals surface area contributed by atoms with Gasteiger partial charge in [-0.25, -0.2) is 0 Å². The van der Waals surface area contributed by atoms with E-state index in [1.165, 1.54) is 93.6 Å². The molecule has 10 rings (SSSR count). The van der Waals surface area contributed by atoms with Crippen molar-refractivity contribution in [2.45, 2.75) is 87.9 Å². The van der Waals surface area contributed by atoms with Crippen LogP contribution in [0.15, 0.2) is 24.3 Å². The van der Waals surface area contributed by atoms with Crippen molar-refractivity contribution in [1.29, 1.82) is 0 Å². The molecule has 2 aromatic rings. The second-order valence-corrected chi connectivity index (χ2v) is 14.5. The molecule has 204 valence electrons. The van der Waals surface area contributed by atoms with Gasteiger partial charge in [0.15, 0.2) is 0 Å². The first-order valence-electron chi connectivity index (χ1n) is 15.7. The van der Waals surface area contributed by atoms with Gasteiger partial charge in [0.25, 0.3) is 0 Å². The van der Waals surface area contributed by atoms with Crippen molar-refractivity contribution in [2.75, 3.05) is 26.4 Å². The first-order chi connectivity index (χ1) is 18.6. The SMILES string of the molecule is OCCOc1ccc(C23CC4CC(CC(C4)C2)C3)c2ccc(C34CC5CC(CC(C5)C3)C4)c(OCCO)c12. The highest BCUT2D eigenvalue weighted by atomic mass is 16.5. The topological polar surface area (TPSA) is 58.9 Å². The third-order valence-electron chi connectivity index (χ3n) is 12.0. The number of rotatable bonds is 8. The van der Waals surface area contributed by atoms with E-state index in [0.717, 1.165) is 52.4 Å². The van der Waals surface area contributed by atoms with Crippen LogP contribution in [0.3, 0.4) is 0 Å². The number of hydrogen-bond acceptors (Lipinski definition) is 4. The van der Waals surface area contributed by atoms with Crippen molar-refractivity contribution in [3.05, 3.63) is 35.4 Å². The number of fused-ring (bicyclic) bond motifs is 1. The molecule has 2 aromatic carbocycles. The zero-order valence-electron chi connectivity index (χ0n) is 22.8. The Morgan fingerprint density at radius 2 is 1.03 bits per heavy atom. The maximum absolute atomic E-state index is 9.85. The van der Waals surface area contributed by atoms with E-state index in [1.807, 2.05) is 0 Å². The Hall–Kier alpha value is -1.78. The Balaban J connectivity index is 1.32. The normalized spacial score (nSPS) is 40.3. The number of ether oxygens (including phenoxy) is 2. The molecule has 8 bridgehead atoms. The van der Waals surface area contributed by atoms with Crippen molar-refractivity contribution in [3.63, 3.8) is 0 Å². The number of benzene rings is 2. The molecule has 0 unspecified atom stereocenters. The van der Waals surface area contributed by atoms with Gasteiger partial charge in [0, 0.05) is 5.56 Å². The predicted molar refractivity (Wildman–Crippen MR) is 149 cm³/mol. The lowest BCUT2D eigenvalue weighted by Crippen LogP contribution is -2.49. The molecule has 0 aromatic heterocycles. The van der Waals surface area contributed by atoms with Crippen molar-refractivity contribution >= 4 is 10.8 Å². The number of aliphatic hydroxyl groups is 2. The second-order valence-electron chi connectivity index (χ2n) is 14.5. The van der Waals surface area contributed by atoms with Crippen molar-refractivity contribution in [2.24, 2.45) is 35.5 Å². The Labute approximate surface area is 227 Å². The molecule has 8 saturated carbocycles. The number of aliphatic hydroxyl groups excluding tert-OH is 2. The zero-order valence-corrected chi connectivity index (χ0v) is 22.8. The van der Waals surface area contributed by atoms with Gasteiger partial charge in [0.05, 0.1) is 18.6 Å². The Morgan fingerprint density at radius 3 is 1.53 bits per heavy atom. The molecule has 38 heavy (non-hydrogen) atoms. The molecule has 2 N–H and O–H groups in total. The van der Waals surface area contributed by atoms with E-state index in [9.17, 15) is 10.2 Å². The first kappa shape index (κ1) is 24.1. The fraction of sp³-hybridized carbons (Fsp3) is 0.706. The molecule has 0 atom stereocenters. The molecule has 0 aliphatic heterocycles. The van der Waals surface area contributed by atoms with Crippen LogP contribution >= 0.6 is 0 Å². The van der Waals surface area contributed by atoms with E-state index >= 15 is 0 Å². The van der Waals surface area contributed by atoms with Crippen LogP contribution in [0.4, 0.5) is 0 Å². The summed E-state index contributed by atoms with van der Waals surface area (Å²) in [6.07, 6.45) is 16.4. The fourth-order valence-electron chi connectivity index (χ4n) is 11.7. The molecule has 0 spiro atoms. The van der Waals surface area contributed by atoms with Gasteiger partial charge >= 0.3 is 0 Å². The average molecular weight is 517 g/mol. The zero-order chi connectivity index (χ0) is 25.5. The van der Waals surface area contributed by atoms with Crippen LogP contribution in [-0.4, -0.2) is 36.6 Å². The highest BCUT2D eigenvalue weighted by Gasteiger charge is 2.54. The van der Waals surface area contributed by atoms with Crippen LogP contribution in [0, 0.1) is 35.5 Å². The molecule has 0 amide bonds. The Bertz CT molecular complexity index is 1160. The molecule has 0 radical (unpaired) electrons. The second kappa shape index (κ2) is 8.86. The van der Waals surface area contributed by atoms with E-state index < -0.39 is 0 Å². The van der Waals surface area contributed by atoms with Gasteiger partial charge in [0.2, 0.25) is 0 Å². The van der Waals surface area contributed by atoms with Crippen molar-refractivity contribution in [3.8, 4) is 11.5 Å². The van der Waals surface area contributed by atoms with Crippen LogP contribution < -0.4 is 9.47 Å². The van der Waals surface area contributed by atoms with Crippen LogP contribution in [0.2, 0.25) is 0 Å². The summed E-state index contributed by atoms with van der Waals surface area (Å²) in [5, 5.41) is 21.9. The molecular weight excluding hydrogens is 472 g/mol. The van der Waals surface area contributed by atoms with Gasteiger partial charge in [-0.1, -0.05) is 18.2 Å². The average Bonchev–Trinajstić information content (AvgIpc) is 2.88. The maximum Gasteiger partial charge on any atom is 0.134 e. The lowest BCUT2D eigenvalue weighted by atomic mass is 9.47. The summed E-state index contributed by atoms with van der Waals surface area (Å²) in [4.78, 5) is 0. The maximum atomic E-state index is 9.85. The predicted octanol–water partition coefficient (Wildman–Crippen LogP) is 6.52. The minimum Gasteiger partial charge on any atom is -0.490 e. The summed E-state index contributed by atoms with van der Waals surface area (Å²) < 4.78 is 12.8. The number of hydrogen-bond donors (Lipinski definition) is 2. The van der Waals surface area contributed by atoms with Gasteiger partial charge < -0.3 is 19.7 Å². The molecule has 8 fully saturated rings. The third kappa shape index (κ3) is 3.61. The summed E-state index contributed by atoms with van der Waals surface area (Å²) in [6.45, 7) is 0.601. The highest BCUT2D eigenvalue weighted by Crippen LogP contribution is 2.64. The lowest BCUT2D eigenvalue weighted by molar-refractivity contribution is -0.00645. The quantitative estimate of drug-likeness (QED) is 0.420. The van der Waals surface area contributed by atoms with E-state index in [2.05, 4.69) is 24.3 Å². The summed E-state index contributed by atoms with van der Waals surface area (Å²) in [7, 11) is 0. The lowest BCUT2D eigenvalue weighted by Gasteiger charge is -2.58. The molecule has 8 aliphatic carbocycles. The molecule has 8 aliphatic rings. The standard InChI is InChI=1S/C34H44O4/c35-5-7-37-30-4-3-28(33-15-21-9-22(16-33)11-23(10-21)17-33)27-1-2-29(32(31(27)30)38-8-6-36)34-18-24-12-25(19-34)14-26(13-24)20-34/h1-4,21-26,35-36H,5-20H2. The minimum atomic E-state index is -0.000277.